The van der Waals surface area contributed by atoms with Gasteiger partial charge in [0.1, 0.15) is 0 Å². The zero-order valence-electron chi connectivity index (χ0n) is 15.9. The molecule has 2 aromatic carbocycles. The lowest BCUT2D eigenvalue weighted by Gasteiger charge is -2.18. The van der Waals surface area contributed by atoms with E-state index in [9.17, 15) is 4.79 Å². The van der Waals surface area contributed by atoms with Crippen LogP contribution >= 0.6 is 11.3 Å². The minimum absolute atomic E-state index is 0.0736. The van der Waals surface area contributed by atoms with E-state index in [2.05, 4.69) is 55.2 Å². The fourth-order valence-electron chi connectivity index (χ4n) is 2.98. The molecule has 0 N–H and O–H groups in total. The number of hydrogen-bond acceptors (Lipinski definition) is 4. The van der Waals surface area contributed by atoms with Crippen molar-refractivity contribution in [2.45, 2.75) is 33.1 Å². The van der Waals surface area contributed by atoms with Crippen LogP contribution in [0.25, 0.3) is 22.4 Å². The summed E-state index contributed by atoms with van der Waals surface area (Å²) in [6, 6.07) is 16.3. The molecule has 0 saturated carbocycles. The number of benzene rings is 2. The number of fused-ring (bicyclic) bond motifs is 1. The molecule has 0 unspecified atom stereocenters. The number of aromatic nitrogens is 3. The first-order valence-electron chi connectivity index (χ1n) is 8.90. The lowest BCUT2D eigenvalue weighted by atomic mass is 9.87. The number of rotatable bonds is 2. The second kappa shape index (κ2) is 6.43. The monoisotopic (exact) mass is 375 g/mol. The fraction of sp³-hybridized carbons (Fsp3) is 0.227. The van der Waals surface area contributed by atoms with Gasteiger partial charge in [0, 0.05) is 5.56 Å². The van der Waals surface area contributed by atoms with Crippen molar-refractivity contribution in [1.29, 1.82) is 0 Å². The van der Waals surface area contributed by atoms with Crippen LogP contribution in [-0.4, -0.2) is 14.6 Å². The predicted octanol–water partition coefficient (Wildman–Crippen LogP) is 3.97. The summed E-state index contributed by atoms with van der Waals surface area (Å²) in [5.41, 5.74) is 4.38. The zero-order valence-corrected chi connectivity index (χ0v) is 16.7. The van der Waals surface area contributed by atoms with Gasteiger partial charge >= 0.3 is 0 Å². The number of nitrogens with zero attached hydrogens (tertiary/aromatic N) is 3. The Hall–Kier alpha value is -2.79. The van der Waals surface area contributed by atoms with Crippen molar-refractivity contribution in [1.82, 2.24) is 14.6 Å². The molecule has 0 aliphatic carbocycles. The van der Waals surface area contributed by atoms with Gasteiger partial charge in [0.25, 0.3) is 5.56 Å². The quantitative estimate of drug-likeness (QED) is 0.533. The molecule has 2 heterocycles. The third kappa shape index (κ3) is 3.30. The smallest absolute Gasteiger partial charge is 0.267 e. The van der Waals surface area contributed by atoms with E-state index in [-0.39, 0.29) is 11.0 Å². The van der Waals surface area contributed by atoms with Gasteiger partial charge in [-0.1, -0.05) is 86.2 Å². The summed E-state index contributed by atoms with van der Waals surface area (Å²) >= 11 is 1.37. The van der Waals surface area contributed by atoms with Gasteiger partial charge in [0.15, 0.2) is 5.82 Å². The van der Waals surface area contributed by atoms with Crippen molar-refractivity contribution >= 4 is 22.4 Å². The molecule has 5 heteroatoms. The van der Waals surface area contributed by atoms with Crippen LogP contribution in [0.5, 0.6) is 0 Å². The van der Waals surface area contributed by atoms with Crippen molar-refractivity contribution < 1.29 is 0 Å². The molecule has 0 spiro atoms. The standard InChI is InChI=1S/C22H21N3OS/c1-14-5-9-16(10-6-14)19-23-24-21-25(19)20(26)18(27-21)13-15-7-11-17(12-8-15)22(2,3)4/h5-13H,1-4H3/b18-13+. The summed E-state index contributed by atoms with van der Waals surface area (Å²) in [6.45, 7) is 8.60. The van der Waals surface area contributed by atoms with Gasteiger partial charge in [-0.15, -0.1) is 10.2 Å². The zero-order chi connectivity index (χ0) is 19.2. The largest absolute Gasteiger partial charge is 0.276 e. The maximum atomic E-state index is 12.9. The highest BCUT2D eigenvalue weighted by Gasteiger charge is 2.15. The molecule has 0 amide bonds. The topological polar surface area (TPSA) is 47.3 Å². The van der Waals surface area contributed by atoms with E-state index in [1.807, 2.05) is 37.3 Å². The van der Waals surface area contributed by atoms with Crippen molar-refractivity contribution in [3.8, 4) is 11.4 Å². The maximum Gasteiger partial charge on any atom is 0.276 e. The second-order valence-electron chi connectivity index (χ2n) is 7.80. The molecule has 0 aliphatic heterocycles. The Morgan fingerprint density at radius 3 is 2.26 bits per heavy atom. The molecule has 4 aromatic rings. The van der Waals surface area contributed by atoms with Crippen molar-refractivity contribution in [2.75, 3.05) is 0 Å². The Kier molecular flexibility index (Phi) is 4.19. The Morgan fingerprint density at radius 2 is 1.63 bits per heavy atom. The van der Waals surface area contributed by atoms with Crippen LogP contribution in [0.15, 0.2) is 53.3 Å². The molecule has 136 valence electrons. The molecular weight excluding hydrogens is 354 g/mol. The summed E-state index contributed by atoms with van der Waals surface area (Å²) in [5, 5.41) is 8.41. The van der Waals surface area contributed by atoms with E-state index in [0.717, 1.165) is 11.1 Å². The van der Waals surface area contributed by atoms with Crippen LogP contribution in [0.3, 0.4) is 0 Å². The van der Waals surface area contributed by atoms with E-state index >= 15 is 0 Å². The number of thiazole rings is 1. The summed E-state index contributed by atoms with van der Waals surface area (Å²) < 4.78 is 2.27. The minimum Gasteiger partial charge on any atom is -0.267 e. The van der Waals surface area contributed by atoms with E-state index in [1.165, 1.54) is 22.5 Å². The van der Waals surface area contributed by atoms with E-state index < -0.39 is 0 Å². The Bertz CT molecular complexity index is 1210. The Morgan fingerprint density at radius 1 is 0.963 bits per heavy atom. The first-order chi connectivity index (χ1) is 12.8. The fourth-order valence-corrected chi connectivity index (χ4v) is 3.90. The van der Waals surface area contributed by atoms with Gasteiger partial charge < -0.3 is 0 Å². The molecule has 4 nitrogen and oxygen atoms in total. The highest BCUT2D eigenvalue weighted by atomic mass is 32.1. The first-order valence-corrected chi connectivity index (χ1v) is 9.72. The van der Waals surface area contributed by atoms with Gasteiger partial charge in [-0.3, -0.25) is 4.79 Å². The lowest BCUT2D eigenvalue weighted by molar-refractivity contribution is 0.590. The third-order valence-corrected chi connectivity index (χ3v) is 5.59. The van der Waals surface area contributed by atoms with Gasteiger partial charge in [-0.25, -0.2) is 4.40 Å². The van der Waals surface area contributed by atoms with E-state index in [0.29, 0.717) is 15.3 Å². The highest BCUT2D eigenvalue weighted by Crippen LogP contribution is 2.22. The summed E-state index contributed by atoms with van der Waals surface area (Å²) in [7, 11) is 0. The molecule has 0 atom stereocenters. The van der Waals surface area contributed by atoms with E-state index in [1.54, 1.807) is 4.40 Å². The molecule has 0 bridgehead atoms. The minimum atomic E-state index is -0.0736. The van der Waals surface area contributed by atoms with Gasteiger partial charge in [-0.05, 0) is 29.5 Å². The summed E-state index contributed by atoms with van der Waals surface area (Å²) in [4.78, 5) is 13.6. The number of aryl methyl sites for hydroxylation is 1. The highest BCUT2D eigenvalue weighted by molar-refractivity contribution is 7.15. The normalized spacial score (nSPS) is 12.8. The third-order valence-electron chi connectivity index (χ3n) is 4.63. The SMILES string of the molecule is Cc1ccc(-c2nnc3s/c(=C/c4ccc(C(C)(C)C)cc4)c(=O)n23)cc1. The van der Waals surface area contributed by atoms with Crippen LogP contribution in [0.2, 0.25) is 0 Å². The summed E-state index contributed by atoms with van der Waals surface area (Å²) in [6.07, 6.45) is 1.92. The molecular formula is C22H21N3OS. The average Bonchev–Trinajstić information content (AvgIpc) is 3.16. The van der Waals surface area contributed by atoms with Crippen LogP contribution in [0.1, 0.15) is 37.5 Å². The van der Waals surface area contributed by atoms with Gasteiger partial charge in [0.05, 0.1) is 4.53 Å². The van der Waals surface area contributed by atoms with Gasteiger partial charge in [0.2, 0.25) is 4.96 Å². The van der Waals surface area contributed by atoms with Gasteiger partial charge in [-0.2, -0.15) is 0 Å². The van der Waals surface area contributed by atoms with Crippen molar-refractivity contribution in [3.63, 3.8) is 0 Å². The van der Waals surface area contributed by atoms with Crippen LogP contribution < -0.4 is 10.1 Å². The molecule has 0 aliphatic rings. The van der Waals surface area contributed by atoms with Crippen LogP contribution in [0.4, 0.5) is 0 Å². The maximum absolute atomic E-state index is 12.9. The predicted molar refractivity (Wildman–Crippen MR) is 111 cm³/mol. The summed E-state index contributed by atoms with van der Waals surface area (Å²) in [5.74, 6) is 0.592. The van der Waals surface area contributed by atoms with Crippen LogP contribution in [-0.2, 0) is 5.41 Å². The average molecular weight is 375 g/mol. The van der Waals surface area contributed by atoms with Crippen LogP contribution in [0, 0.1) is 6.92 Å². The Balaban J connectivity index is 1.80. The molecule has 0 radical (unpaired) electrons. The van der Waals surface area contributed by atoms with E-state index in [4.69, 9.17) is 0 Å². The van der Waals surface area contributed by atoms with Crippen molar-refractivity contribution in [2.24, 2.45) is 0 Å². The molecule has 2 aromatic heterocycles. The molecule has 0 saturated heterocycles. The second-order valence-corrected chi connectivity index (χ2v) is 8.80. The lowest BCUT2D eigenvalue weighted by Crippen LogP contribution is -2.23. The molecule has 4 rings (SSSR count). The first kappa shape index (κ1) is 17.6. The van der Waals surface area contributed by atoms with Crippen molar-refractivity contribution in [3.05, 3.63) is 80.1 Å². The molecule has 27 heavy (non-hydrogen) atoms. The Labute approximate surface area is 161 Å². The number of hydrogen-bond donors (Lipinski definition) is 0. The molecule has 0 fully saturated rings.